The number of hydrazine groups is 1. The standard InChI is InChI=1S/C7H16N4O/c8-7(11-9)10-6-3-1-2-5(6)4-12/h5-6,12H,1-4,9H2,(H3,8,10,11). The van der Waals surface area contributed by atoms with E-state index in [-0.39, 0.29) is 24.5 Å². The van der Waals surface area contributed by atoms with Gasteiger partial charge in [0.15, 0.2) is 0 Å². The van der Waals surface area contributed by atoms with Crippen molar-refractivity contribution in [1.82, 2.24) is 5.43 Å². The highest BCUT2D eigenvalue weighted by molar-refractivity contribution is 5.77. The van der Waals surface area contributed by atoms with E-state index in [4.69, 9.17) is 16.7 Å². The minimum atomic E-state index is 0.144. The molecule has 0 amide bonds. The van der Waals surface area contributed by atoms with Crippen LogP contribution in [0, 0.1) is 5.92 Å². The van der Waals surface area contributed by atoms with E-state index in [0.717, 1.165) is 19.3 Å². The van der Waals surface area contributed by atoms with Gasteiger partial charge in [-0.1, -0.05) is 6.42 Å². The van der Waals surface area contributed by atoms with Crippen LogP contribution in [0.5, 0.6) is 0 Å². The van der Waals surface area contributed by atoms with Crippen LogP contribution in [0.15, 0.2) is 4.99 Å². The highest BCUT2D eigenvalue weighted by atomic mass is 16.3. The van der Waals surface area contributed by atoms with Crippen LogP contribution in [-0.4, -0.2) is 23.7 Å². The maximum Gasteiger partial charge on any atom is 0.203 e. The van der Waals surface area contributed by atoms with Gasteiger partial charge in [-0.2, -0.15) is 0 Å². The molecule has 5 nitrogen and oxygen atoms in total. The van der Waals surface area contributed by atoms with E-state index in [1.165, 1.54) is 0 Å². The predicted molar refractivity (Wildman–Crippen MR) is 47.2 cm³/mol. The number of guanidine groups is 1. The van der Waals surface area contributed by atoms with Crippen LogP contribution in [-0.2, 0) is 0 Å². The zero-order valence-corrected chi connectivity index (χ0v) is 7.03. The molecular formula is C7H16N4O. The first-order valence-corrected chi connectivity index (χ1v) is 4.18. The van der Waals surface area contributed by atoms with E-state index in [1.54, 1.807) is 0 Å². The second kappa shape index (κ2) is 4.27. The van der Waals surface area contributed by atoms with Crippen molar-refractivity contribution in [2.45, 2.75) is 25.3 Å². The molecule has 2 atom stereocenters. The third kappa shape index (κ3) is 2.09. The Bertz CT molecular complexity index is 171. The lowest BCUT2D eigenvalue weighted by molar-refractivity contribution is 0.218. The van der Waals surface area contributed by atoms with Gasteiger partial charge in [-0.05, 0) is 12.8 Å². The van der Waals surface area contributed by atoms with Gasteiger partial charge in [-0.15, -0.1) is 0 Å². The summed E-state index contributed by atoms with van der Waals surface area (Å²) < 4.78 is 0. The molecule has 5 heteroatoms. The smallest absolute Gasteiger partial charge is 0.203 e. The van der Waals surface area contributed by atoms with E-state index in [0.29, 0.717) is 0 Å². The van der Waals surface area contributed by atoms with Crippen LogP contribution in [0.1, 0.15) is 19.3 Å². The lowest BCUT2D eigenvalue weighted by Gasteiger charge is -2.12. The van der Waals surface area contributed by atoms with E-state index in [1.807, 2.05) is 0 Å². The maximum atomic E-state index is 8.96. The normalized spacial score (nSPS) is 30.7. The van der Waals surface area contributed by atoms with Crippen molar-refractivity contribution >= 4 is 5.96 Å². The first-order valence-electron chi connectivity index (χ1n) is 4.18. The third-order valence-electron chi connectivity index (χ3n) is 2.31. The molecule has 1 rings (SSSR count). The molecule has 1 fully saturated rings. The van der Waals surface area contributed by atoms with Crippen molar-refractivity contribution in [3.63, 3.8) is 0 Å². The number of nitrogens with zero attached hydrogens (tertiary/aromatic N) is 1. The summed E-state index contributed by atoms with van der Waals surface area (Å²) in [6.45, 7) is 0.187. The van der Waals surface area contributed by atoms with Crippen molar-refractivity contribution in [2.75, 3.05) is 6.61 Å². The molecule has 0 heterocycles. The molecule has 12 heavy (non-hydrogen) atoms. The first kappa shape index (κ1) is 9.28. The zero-order valence-electron chi connectivity index (χ0n) is 7.03. The SMILES string of the molecule is NNC(N)=NC1CCCC1CO. The summed E-state index contributed by atoms with van der Waals surface area (Å²) >= 11 is 0. The van der Waals surface area contributed by atoms with Gasteiger partial charge in [0.1, 0.15) is 0 Å². The highest BCUT2D eigenvalue weighted by Crippen LogP contribution is 2.27. The summed E-state index contributed by atoms with van der Waals surface area (Å²) in [4.78, 5) is 4.15. The number of aliphatic imine (C=N–C) groups is 1. The van der Waals surface area contributed by atoms with E-state index < -0.39 is 0 Å². The zero-order chi connectivity index (χ0) is 8.97. The van der Waals surface area contributed by atoms with Crippen molar-refractivity contribution in [1.29, 1.82) is 0 Å². The van der Waals surface area contributed by atoms with Gasteiger partial charge >= 0.3 is 0 Å². The molecule has 0 aliphatic heterocycles. The summed E-state index contributed by atoms with van der Waals surface area (Å²) in [6, 6.07) is 0.144. The maximum absolute atomic E-state index is 8.96. The van der Waals surface area contributed by atoms with Gasteiger partial charge in [0, 0.05) is 12.5 Å². The molecule has 2 unspecified atom stereocenters. The number of hydrogen-bond acceptors (Lipinski definition) is 3. The quantitative estimate of drug-likeness (QED) is 0.184. The molecule has 1 saturated carbocycles. The average Bonchev–Trinajstić information content (AvgIpc) is 2.51. The topological polar surface area (TPSA) is 96.7 Å². The predicted octanol–water partition coefficient (Wildman–Crippen LogP) is -1.07. The Balaban J connectivity index is 2.50. The number of rotatable bonds is 2. The van der Waals surface area contributed by atoms with E-state index in [2.05, 4.69) is 10.4 Å². The van der Waals surface area contributed by atoms with Gasteiger partial charge in [0.2, 0.25) is 5.96 Å². The second-order valence-electron chi connectivity index (χ2n) is 3.10. The fourth-order valence-corrected chi connectivity index (χ4v) is 1.62. The second-order valence-corrected chi connectivity index (χ2v) is 3.10. The molecule has 0 spiro atoms. The summed E-state index contributed by atoms with van der Waals surface area (Å²) in [7, 11) is 0. The van der Waals surface area contributed by atoms with Gasteiger partial charge in [-0.3, -0.25) is 5.43 Å². The van der Waals surface area contributed by atoms with Gasteiger partial charge in [0.05, 0.1) is 6.04 Å². The van der Waals surface area contributed by atoms with Crippen LogP contribution < -0.4 is 17.0 Å². The monoisotopic (exact) mass is 172 g/mol. The summed E-state index contributed by atoms with van der Waals surface area (Å²) in [5, 5.41) is 8.96. The van der Waals surface area contributed by atoms with Crippen molar-refractivity contribution < 1.29 is 5.11 Å². The van der Waals surface area contributed by atoms with Crippen LogP contribution in [0.4, 0.5) is 0 Å². The van der Waals surface area contributed by atoms with E-state index in [9.17, 15) is 0 Å². The summed E-state index contributed by atoms with van der Waals surface area (Å²) in [5.74, 6) is 5.58. The van der Waals surface area contributed by atoms with Crippen molar-refractivity contribution in [3.05, 3.63) is 0 Å². The number of nitrogens with two attached hydrogens (primary N) is 2. The summed E-state index contributed by atoms with van der Waals surface area (Å²) in [6.07, 6.45) is 3.13. The molecule has 70 valence electrons. The minimum absolute atomic E-state index is 0.144. The average molecular weight is 172 g/mol. The molecule has 0 bridgehead atoms. The Kier molecular flexibility index (Phi) is 3.31. The summed E-state index contributed by atoms with van der Waals surface area (Å²) in [5.41, 5.74) is 7.68. The number of hydrogen-bond donors (Lipinski definition) is 4. The number of aliphatic hydroxyl groups excluding tert-OH is 1. The largest absolute Gasteiger partial charge is 0.396 e. The Labute approximate surface area is 71.8 Å². The molecule has 1 aliphatic carbocycles. The Morgan fingerprint density at radius 2 is 2.33 bits per heavy atom. The van der Waals surface area contributed by atoms with Crippen molar-refractivity contribution in [3.8, 4) is 0 Å². The van der Waals surface area contributed by atoms with Gasteiger partial charge in [0.25, 0.3) is 0 Å². The lowest BCUT2D eigenvalue weighted by Crippen LogP contribution is -2.38. The molecule has 0 aromatic carbocycles. The Morgan fingerprint density at radius 1 is 1.58 bits per heavy atom. The molecular weight excluding hydrogens is 156 g/mol. The fraction of sp³-hybridized carbons (Fsp3) is 0.857. The van der Waals surface area contributed by atoms with Gasteiger partial charge < -0.3 is 10.8 Å². The molecule has 0 aromatic heterocycles. The van der Waals surface area contributed by atoms with Crippen LogP contribution in [0.2, 0.25) is 0 Å². The van der Waals surface area contributed by atoms with Crippen LogP contribution in [0.25, 0.3) is 0 Å². The van der Waals surface area contributed by atoms with Crippen LogP contribution >= 0.6 is 0 Å². The molecule has 0 saturated heterocycles. The minimum Gasteiger partial charge on any atom is -0.396 e. The van der Waals surface area contributed by atoms with Crippen LogP contribution in [0.3, 0.4) is 0 Å². The third-order valence-corrected chi connectivity index (χ3v) is 2.31. The first-order chi connectivity index (χ1) is 5.77. The molecule has 6 N–H and O–H groups in total. The Hall–Kier alpha value is -0.810. The Morgan fingerprint density at radius 3 is 2.92 bits per heavy atom. The molecule has 0 aromatic rings. The number of aliphatic hydroxyl groups is 1. The van der Waals surface area contributed by atoms with E-state index >= 15 is 0 Å². The molecule has 1 aliphatic rings. The van der Waals surface area contributed by atoms with Crippen molar-refractivity contribution in [2.24, 2.45) is 22.5 Å². The lowest BCUT2D eigenvalue weighted by atomic mass is 10.1. The highest BCUT2D eigenvalue weighted by Gasteiger charge is 2.26. The van der Waals surface area contributed by atoms with Gasteiger partial charge in [-0.25, -0.2) is 10.8 Å². The number of nitrogens with one attached hydrogen (secondary N) is 1. The molecule has 0 radical (unpaired) electrons. The fourth-order valence-electron chi connectivity index (χ4n) is 1.62.